The molecule has 0 spiro atoms. The third-order valence-corrected chi connectivity index (χ3v) is 3.02. The minimum Gasteiger partial charge on any atom is -0.465 e. The molecule has 5 heteroatoms. The Labute approximate surface area is 112 Å². The van der Waals surface area contributed by atoms with Gasteiger partial charge in [-0.3, -0.25) is 14.5 Å². The van der Waals surface area contributed by atoms with Crippen molar-refractivity contribution in [2.45, 2.75) is 6.92 Å². The van der Waals surface area contributed by atoms with Gasteiger partial charge in [0.05, 0.1) is 19.8 Å². The summed E-state index contributed by atoms with van der Waals surface area (Å²) in [5.41, 5.74) is 0.681. The monoisotopic (exact) mass is 262 g/mol. The Hall–Kier alpha value is -1.88. The van der Waals surface area contributed by atoms with E-state index < -0.39 is 0 Å². The molecule has 1 saturated heterocycles. The number of benzene rings is 1. The van der Waals surface area contributed by atoms with Crippen LogP contribution in [0.4, 0.5) is 0 Å². The van der Waals surface area contributed by atoms with Gasteiger partial charge >= 0.3 is 5.97 Å². The molecule has 5 nitrogen and oxygen atoms in total. The fourth-order valence-electron chi connectivity index (χ4n) is 2.09. The van der Waals surface area contributed by atoms with Gasteiger partial charge in [-0.1, -0.05) is 18.2 Å². The van der Waals surface area contributed by atoms with Crippen LogP contribution in [0.15, 0.2) is 30.3 Å². The summed E-state index contributed by atoms with van der Waals surface area (Å²) in [7, 11) is 0. The topological polar surface area (TPSA) is 49.9 Å². The SMILES string of the molecule is CCOC(=O)CN1CCN(C(=O)c2ccccc2)C1. The van der Waals surface area contributed by atoms with Crippen molar-refractivity contribution in [3.05, 3.63) is 35.9 Å². The zero-order valence-corrected chi connectivity index (χ0v) is 11.0. The summed E-state index contributed by atoms with van der Waals surface area (Å²) in [5, 5.41) is 0. The first-order valence-electron chi connectivity index (χ1n) is 6.43. The highest BCUT2D eigenvalue weighted by Gasteiger charge is 2.26. The third kappa shape index (κ3) is 3.54. The Morgan fingerprint density at radius 3 is 2.63 bits per heavy atom. The van der Waals surface area contributed by atoms with Crippen LogP contribution in [-0.4, -0.2) is 54.6 Å². The van der Waals surface area contributed by atoms with Crippen molar-refractivity contribution in [1.29, 1.82) is 0 Å². The molecule has 1 aliphatic heterocycles. The molecule has 0 bridgehead atoms. The normalized spacial score (nSPS) is 15.5. The number of carbonyl (C=O) groups is 2. The third-order valence-electron chi connectivity index (χ3n) is 3.02. The molecule has 0 radical (unpaired) electrons. The minimum atomic E-state index is -0.239. The van der Waals surface area contributed by atoms with Gasteiger partial charge < -0.3 is 9.64 Å². The van der Waals surface area contributed by atoms with Gasteiger partial charge in [-0.25, -0.2) is 0 Å². The largest absolute Gasteiger partial charge is 0.465 e. The van der Waals surface area contributed by atoms with E-state index in [0.29, 0.717) is 31.9 Å². The lowest BCUT2D eigenvalue weighted by atomic mass is 10.2. The van der Waals surface area contributed by atoms with Crippen LogP contribution in [0.5, 0.6) is 0 Å². The Morgan fingerprint density at radius 1 is 1.21 bits per heavy atom. The van der Waals surface area contributed by atoms with Crippen LogP contribution in [0.25, 0.3) is 0 Å². The van der Waals surface area contributed by atoms with Crippen molar-refractivity contribution < 1.29 is 14.3 Å². The molecule has 1 amide bonds. The number of esters is 1. The predicted molar refractivity (Wildman–Crippen MR) is 70.6 cm³/mol. The Balaban J connectivity index is 1.88. The summed E-state index contributed by atoms with van der Waals surface area (Å²) in [5.74, 6) is -0.233. The number of hydrogen-bond donors (Lipinski definition) is 0. The zero-order valence-electron chi connectivity index (χ0n) is 11.0. The molecule has 1 aliphatic rings. The Bertz CT molecular complexity index is 447. The molecule has 1 aromatic carbocycles. The Morgan fingerprint density at radius 2 is 1.95 bits per heavy atom. The van der Waals surface area contributed by atoms with E-state index in [1.54, 1.807) is 24.0 Å². The molecule has 0 atom stereocenters. The van der Waals surface area contributed by atoms with E-state index in [1.165, 1.54) is 0 Å². The van der Waals surface area contributed by atoms with Crippen molar-refractivity contribution in [1.82, 2.24) is 9.80 Å². The van der Waals surface area contributed by atoms with Gasteiger partial charge in [0.25, 0.3) is 5.91 Å². The average Bonchev–Trinajstić information content (AvgIpc) is 2.87. The van der Waals surface area contributed by atoms with Crippen molar-refractivity contribution in [3.63, 3.8) is 0 Å². The van der Waals surface area contributed by atoms with Crippen molar-refractivity contribution in [2.24, 2.45) is 0 Å². The van der Waals surface area contributed by atoms with Crippen LogP contribution < -0.4 is 0 Å². The van der Waals surface area contributed by atoms with E-state index in [0.717, 1.165) is 0 Å². The lowest BCUT2D eigenvalue weighted by Gasteiger charge is -2.17. The summed E-state index contributed by atoms with van der Waals surface area (Å²) < 4.78 is 4.90. The van der Waals surface area contributed by atoms with Gasteiger partial charge in [0, 0.05) is 18.7 Å². The summed E-state index contributed by atoms with van der Waals surface area (Å²) >= 11 is 0. The van der Waals surface area contributed by atoms with Crippen molar-refractivity contribution in [3.8, 4) is 0 Å². The molecule has 0 aromatic heterocycles. The van der Waals surface area contributed by atoms with E-state index in [1.807, 2.05) is 23.1 Å². The van der Waals surface area contributed by atoms with Crippen LogP contribution >= 0.6 is 0 Å². The highest BCUT2D eigenvalue weighted by atomic mass is 16.5. The summed E-state index contributed by atoms with van der Waals surface area (Å²) in [6, 6.07) is 9.18. The molecule has 1 aromatic rings. The van der Waals surface area contributed by atoms with Crippen LogP contribution in [0.3, 0.4) is 0 Å². The first kappa shape index (κ1) is 13.5. The molecular formula is C14H18N2O3. The molecule has 0 unspecified atom stereocenters. The summed E-state index contributed by atoms with van der Waals surface area (Å²) in [6.07, 6.45) is 0. The summed E-state index contributed by atoms with van der Waals surface area (Å²) in [4.78, 5) is 27.2. The Kier molecular flexibility index (Phi) is 4.52. The van der Waals surface area contributed by atoms with E-state index in [2.05, 4.69) is 0 Å². The fraction of sp³-hybridized carbons (Fsp3) is 0.429. The standard InChI is InChI=1S/C14H18N2O3/c1-2-19-13(17)10-15-8-9-16(11-15)14(18)12-6-4-3-5-7-12/h3-7H,2,8-11H2,1H3. The maximum atomic E-state index is 12.2. The lowest BCUT2D eigenvalue weighted by molar-refractivity contribution is -0.144. The summed E-state index contributed by atoms with van der Waals surface area (Å²) in [6.45, 7) is 4.25. The predicted octanol–water partition coefficient (Wildman–Crippen LogP) is 0.965. The van der Waals surface area contributed by atoms with E-state index in [9.17, 15) is 9.59 Å². The second kappa shape index (κ2) is 6.33. The van der Waals surface area contributed by atoms with Crippen molar-refractivity contribution in [2.75, 3.05) is 32.9 Å². The maximum Gasteiger partial charge on any atom is 0.320 e. The quantitative estimate of drug-likeness (QED) is 0.759. The molecule has 1 fully saturated rings. The van der Waals surface area contributed by atoms with E-state index in [4.69, 9.17) is 4.74 Å². The molecular weight excluding hydrogens is 244 g/mol. The first-order chi connectivity index (χ1) is 9.20. The van der Waals surface area contributed by atoms with Crippen LogP contribution in [-0.2, 0) is 9.53 Å². The van der Waals surface area contributed by atoms with Gasteiger partial charge in [0.2, 0.25) is 0 Å². The van der Waals surface area contributed by atoms with Gasteiger partial charge in [0.15, 0.2) is 0 Å². The zero-order chi connectivity index (χ0) is 13.7. The van der Waals surface area contributed by atoms with E-state index in [-0.39, 0.29) is 18.4 Å². The molecule has 0 saturated carbocycles. The second-order valence-corrected chi connectivity index (χ2v) is 4.43. The van der Waals surface area contributed by atoms with Crippen LogP contribution in [0.2, 0.25) is 0 Å². The molecule has 19 heavy (non-hydrogen) atoms. The molecule has 1 heterocycles. The minimum absolute atomic E-state index is 0.00644. The first-order valence-corrected chi connectivity index (χ1v) is 6.43. The number of nitrogens with zero attached hydrogens (tertiary/aromatic N) is 2. The fourth-order valence-corrected chi connectivity index (χ4v) is 2.09. The highest BCUT2D eigenvalue weighted by molar-refractivity contribution is 5.94. The number of hydrogen-bond acceptors (Lipinski definition) is 4. The highest BCUT2D eigenvalue weighted by Crippen LogP contribution is 2.10. The van der Waals surface area contributed by atoms with Gasteiger partial charge in [-0.15, -0.1) is 0 Å². The number of rotatable bonds is 4. The maximum absolute atomic E-state index is 12.2. The smallest absolute Gasteiger partial charge is 0.320 e. The number of ether oxygens (including phenoxy) is 1. The van der Waals surface area contributed by atoms with Crippen molar-refractivity contribution >= 4 is 11.9 Å². The molecule has 102 valence electrons. The molecule has 0 N–H and O–H groups in total. The molecule has 0 aliphatic carbocycles. The van der Waals surface area contributed by atoms with Gasteiger partial charge in [0.1, 0.15) is 0 Å². The van der Waals surface area contributed by atoms with Crippen LogP contribution in [0, 0.1) is 0 Å². The second-order valence-electron chi connectivity index (χ2n) is 4.43. The van der Waals surface area contributed by atoms with Gasteiger partial charge in [-0.2, -0.15) is 0 Å². The van der Waals surface area contributed by atoms with E-state index >= 15 is 0 Å². The lowest BCUT2D eigenvalue weighted by Crippen LogP contribution is -2.33. The number of amides is 1. The van der Waals surface area contributed by atoms with Crippen LogP contribution in [0.1, 0.15) is 17.3 Å². The average molecular weight is 262 g/mol. The number of carbonyl (C=O) groups excluding carboxylic acids is 2. The van der Waals surface area contributed by atoms with Gasteiger partial charge in [-0.05, 0) is 19.1 Å². The molecule has 2 rings (SSSR count).